The molecule has 3 heterocycles. The Balaban J connectivity index is 1.31. The topological polar surface area (TPSA) is 135 Å². The molecule has 10 nitrogen and oxygen atoms in total. The normalized spacial score (nSPS) is 28.2. The van der Waals surface area contributed by atoms with E-state index in [1.54, 1.807) is 20.8 Å². The fourth-order valence-electron chi connectivity index (χ4n) is 7.64. The molecule has 0 radical (unpaired) electrons. The molecule has 49 heavy (non-hydrogen) atoms. The number of hydrogen-bond donors (Lipinski definition) is 2. The van der Waals surface area contributed by atoms with Crippen LogP contribution in [0.5, 0.6) is 5.88 Å². The Kier molecular flexibility index (Phi) is 10.1. The molecule has 10 heteroatoms. The van der Waals surface area contributed by atoms with Crippen molar-refractivity contribution in [3.05, 3.63) is 59.7 Å². The number of aromatic nitrogens is 1. The monoisotopic (exact) mass is 671 g/mol. The first-order valence-electron chi connectivity index (χ1n) is 17.9. The molecule has 2 N–H and O–H groups in total. The predicted octanol–water partition coefficient (Wildman–Crippen LogP) is 6.44. The van der Waals surface area contributed by atoms with Gasteiger partial charge in [-0.25, -0.2) is 9.78 Å². The van der Waals surface area contributed by atoms with E-state index in [9.17, 15) is 24.3 Å². The summed E-state index contributed by atoms with van der Waals surface area (Å²) in [5.41, 5.74) is 2.14. The van der Waals surface area contributed by atoms with Gasteiger partial charge in [-0.3, -0.25) is 14.4 Å². The van der Waals surface area contributed by atoms with Gasteiger partial charge in [-0.15, -0.1) is 0 Å². The van der Waals surface area contributed by atoms with E-state index < -0.39 is 41.3 Å². The average Bonchev–Trinajstić information content (AvgIpc) is 3.60. The van der Waals surface area contributed by atoms with Gasteiger partial charge in [-0.05, 0) is 89.7 Å². The summed E-state index contributed by atoms with van der Waals surface area (Å²) in [6, 6.07) is 10.3. The van der Waals surface area contributed by atoms with Crippen LogP contribution in [0.25, 0.3) is 11.3 Å². The third-order valence-electron chi connectivity index (χ3n) is 10.3. The van der Waals surface area contributed by atoms with Gasteiger partial charge in [0.15, 0.2) is 5.78 Å². The molecule has 0 bridgehead atoms. The van der Waals surface area contributed by atoms with Gasteiger partial charge in [-0.2, -0.15) is 0 Å². The van der Waals surface area contributed by atoms with Crippen LogP contribution < -0.4 is 10.1 Å². The summed E-state index contributed by atoms with van der Waals surface area (Å²) in [5, 5.41) is 13.0. The summed E-state index contributed by atoms with van der Waals surface area (Å²) in [5.74, 6) is -1.34. The van der Waals surface area contributed by atoms with Gasteiger partial charge in [0.2, 0.25) is 11.8 Å². The Morgan fingerprint density at radius 1 is 1.04 bits per heavy atom. The van der Waals surface area contributed by atoms with E-state index in [2.05, 4.69) is 11.4 Å². The van der Waals surface area contributed by atoms with Gasteiger partial charge >= 0.3 is 12.1 Å². The number of alkyl carbamates (subject to hydrolysis) is 1. The van der Waals surface area contributed by atoms with E-state index in [4.69, 9.17) is 14.5 Å². The standard InChI is InChI=1S/C39H49N3O7/c1-38(2,3)49-37(47)41-30-19-11-6-4-5-10-17-27-22-39(27,36(45)46)23-33(43)32-21-28(24-42(32)35(30)44)48-34-29-18-13-12-16-26(29)20-31(40-34)25-14-8-7-9-15-25/h7-10,14-15,17,20,27-28,30,32H,4-6,11-13,16,18-19,21-24H2,1-3H3,(H,41,47)(H,45,46)/b17-10-/t27-,28-,30+,32+,39-/m1/s1. The van der Waals surface area contributed by atoms with E-state index in [0.29, 0.717) is 25.1 Å². The number of fused-ring (bicyclic) bond motifs is 3. The molecule has 5 atom stereocenters. The van der Waals surface area contributed by atoms with E-state index in [0.717, 1.165) is 61.8 Å². The highest BCUT2D eigenvalue weighted by Gasteiger charge is 2.61. The number of benzene rings is 1. The van der Waals surface area contributed by atoms with Gasteiger partial charge in [0.1, 0.15) is 17.7 Å². The van der Waals surface area contributed by atoms with Crippen molar-refractivity contribution < 1.29 is 33.8 Å². The second-order valence-corrected chi connectivity index (χ2v) is 15.2. The number of ether oxygens (including phenoxy) is 2. The Bertz CT molecular complexity index is 1600. The number of aryl methyl sites for hydroxylation is 1. The van der Waals surface area contributed by atoms with Crippen molar-refractivity contribution in [3.8, 4) is 17.1 Å². The van der Waals surface area contributed by atoms with Crippen molar-refractivity contribution in [3.63, 3.8) is 0 Å². The zero-order chi connectivity index (χ0) is 34.8. The Morgan fingerprint density at radius 2 is 1.82 bits per heavy atom. The average molecular weight is 672 g/mol. The minimum absolute atomic E-state index is 0.122. The number of allylic oxidation sites excluding steroid dienone is 2. The van der Waals surface area contributed by atoms with E-state index >= 15 is 0 Å². The zero-order valence-electron chi connectivity index (χ0n) is 28.9. The number of carbonyl (C=O) groups excluding carboxylic acids is 3. The maximum atomic E-state index is 14.4. The fraction of sp³-hybridized carbons (Fsp3) is 0.564. The lowest BCUT2D eigenvalue weighted by Crippen LogP contribution is -2.52. The first-order valence-corrected chi connectivity index (χ1v) is 17.9. The van der Waals surface area contributed by atoms with Crippen molar-refractivity contribution in [2.75, 3.05) is 6.54 Å². The molecule has 2 amide bonds. The fourth-order valence-corrected chi connectivity index (χ4v) is 7.64. The molecule has 2 aromatic rings. The summed E-state index contributed by atoms with van der Waals surface area (Å²) in [4.78, 5) is 60.5. The van der Waals surface area contributed by atoms with Crippen molar-refractivity contribution in [1.82, 2.24) is 15.2 Å². The Hall–Kier alpha value is -4.21. The number of nitrogens with one attached hydrogen (secondary N) is 1. The zero-order valence-corrected chi connectivity index (χ0v) is 28.9. The number of amides is 2. The van der Waals surface area contributed by atoms with Gasteiger partial charge in [0.05, 0.1) is 23.7 Å². The van der Waals surface area contributed by atoms with Crippen LogP contribution in [0, 0.1) is 11.3 Å². The number of ketones is 1. The molecule has 4 aliphatic rings. The van der Waals surface area contributed by atoms with Crippen molar-refractivity contribution in [2.24, 2.45) is 11.3 Å². The quantitative estimate of drug-likeness (QED) is 0.347. The molecule has 2 fully saturated rings. The SMILES string of the molecule is CC(C)(C)OC(=O)N[C@H]1CCCCC/C=C\[C@@H]2C[C@@]2(C(=O)O)CC(=O)[C@@H]2C[C@@H](Oc3nc(-c4ccccc4)cc4c3CCCC4)CN2C1=O. The Morgan fingerprint density at radius 3 is 2.57 bits per heavy atom. The summed E-state index contributed by atoms with van der Waals surface area (Å²) in [7, 11) is 0. The van der Waals surface area contributed by atoms with Crippen LogP contribution in [-0.2, 0) is 32.0 Å². The van der Waals surface area contributed by atoms with Crippen molar-refractivity contribution in [1.29, 1.82) is 0 Å². The number of carbonyl (C=O) groups is 4. The molecule has 1 saturated heterocycles. The first-order chi connectivity index (χ1) is 23.4. The van der Waals surface area contributed by atoms with Crippen molar-refractivity contribution in [2.45, 2.75) is 122 Å². The number of pyridine rings is 1. The molecular weight excluding hydrogens is 622 g/mol. The molecule has 1 saturated carbocycles. The number of Topliss-reactive ketones (excluding diaryl/α,β-unsaturated/α-hetero) is 1. The third kappa shape index (κ3) is 8.00. The number of rotatable bonds is 5. The Labute approximate surface area is 288 Å². The lowest BCUT2D eigenvalue weighted by Gasteiger charge is -2.30. The van der Waals surface area contributed by atoms with Crippen LogP contribution in [0.2, 0.25) is 0 Å². The molecular formula is C39H49N3O7. The third-order valence-corrected chi connectivity index (χ3v) is 10.3. The van der Waals surface area contributed by atoms with Gasteiger partial charge in [0, 0.05) is 24.0 Å². The van der Waals surface area contributed by atoms with Crippen LogP contribution >= 0.6 is 0 Å². The van der Waals surface area contributed by atoms with Crippen LogP contribution in [0.4, 0.5) is 4.79 Å². The summed E-state index contributed by atoms with van der Waals surface area (Å²) >= 11 is 0. The molecule has 0 unspecified atom stereocenters. The van der Waals surface area contributed by atoms with E-state index in [1.807, 2.05) is 42.5 Å². The second kappa shape index (κ2) is 14.3. The number of aliphatic carboxylic acids is 1. The maximum absolute atomic E-state index is 14.4. The molecule has 0 spiro atoms. The van der Waals surface area contributed by atoms with Gasteiger partial charge < -0.3 is 24.8 Å². The lowest BCUT2D eigenvalue weighted by molar-refractivity contribution is -0.147. The van der Waals surface area contributed by atoms with E-state index in [-0.39, 0.29) is 37.0 Å². The highest BCUT2D eigenvalue weighted by molar-refractivity contribution is 5.96. The molecule has 2 aliphatic heterocycles. The summed E-state index contributed by atoms with van der Waals surface area (Å²) in [6.45, 7) is 5.41. The second-order valence-electron chi connectivity index (χ2n) is 15.2. The number of nitrogens with zero attached hydrogens (tertiary/aromatic N) is 2. The van der Waals surface area contributed by atoms with Crippen molar-refractivity contribution >= 4 is 23.8 Å². The number of carboxylic acid groups (broad SMARTS) is 1. The summed E-state index contributed by atoms with van der Waals surface area (Å²) < 4.78 is 12.2. The summed E-state index contributed by atoms with van der Waals surface area (Å²) in [6.07, 6.45) is 10.6. The minimum atomic E-state index is -1.17. The van der Waals surface area contributed by atoms with Gasteiger partial charge in [0.25, 0.3) is 0 Å². The largest absolute Gasteiger partial charge is 0.481 e. The van der Waals surface area contributed by atoms with Gasteiger partial charge in [-0.1, -0.05) is 55.3 Å². The molecule has 262 valence electrons. The minimum Gasteiger partial charge on any atom is -0.481 e. The molecule has 6 rings (SSSR count). The van der Waals surface area contributed by atoms with Crippen LogP contribution in [0.3, 0.4) is 0 Å². The maximum Gasteiger partial charge on any atom is 0.408 e. The molecule has 1 aromatic carbocycles. The highest BCUT2D eigenvalue weighted by Crippen LogP contribution is 2.57. The number of hydrogen-bond acceptors (Lipinski definition) is 7. The number of carboxylic acids is 1. The van der Waals surface area contributed by atoms with E-state index in [1.165, 1.54) is 10.5 Å². The lowest BCUT2D eigenvalue weighted by atomic mass is 9.91. The first kappa shape index (κ1) is 34.6. The molecule has 1 aromatic heterocycles. The smallest absolute Gasteiger partial charge is 0.408 e. The van der Waals surface area contributed by atoms with Crippen LogP contribution in [0.15, 0.2) is 48.6 Å². The predicted molar refractivity (Wildman–Crippen MR) is 184 cm³/mol. The van der Waals surface area contributed by atoms with Crippen LogP contribution in [-0.4, -0.2) is 69.1 Å². The molecule has 2 aliphatic carbocycles. The van der Waals surface area contributed by atoms with Crippen LogP contribution in [0.1, 0.15) is 96.1 Å². The highest BCUT2D eigenvalue weighted by atomic mass is 16.6.